The minimum Gasteiger partial charge on any atom is -0.436 e. The smallest absolute Gasteiger partial charge is 0.237 e. The lowest BCUT2D eigenvalue weighted by atomic mass is 10.1. The lowest BCUT2D eigenvalue weighted by Gasteiger charge is -2.10. The lowest BCUT2D eigenvalue weighted by molar-refractivity contribution is 0.184. The van der Waals surface area contributed by atoms with Crippen molar-refractivity contribution in [3.63, 3.8) is 0 Å². The Bertz CT molecular complexity index is 606. The first-order chi connectivity index (χ1) is 9.24. The second-order valence-electron chi connectivity index (χ2n) is 3.94. The Morgan fingerprint density at radius 1 is 1.42 bits per heavy atom. The standard InChI is InChI=1S/C14H13N3O2/c1-10-6-11(9-18-2)13(7-15)14(17-10)19-12-4-3-5-16-8-12/h3-6,8H,9H2,1-2H3. The van der Waals surface area contributed by atoms with Gasteiger partial charge in [-0.05, 0) is 25.1 Å². The van der Waals surface area contributed by atoms with Crippen molar-refractivity contribution in [2.24, 2.45) is 0 Å². The van der Waals surface area contributed by atoms with Crippen LogP contribution in [0.4, 0.5) is 0 Å². The van der Waals surface area contributed by atoms with E-state index < -0.39 is 0 Å². The Balaban J connectivity index is 2.42. The summed E-state index contributed by atoms with van der Waals surface area (Å²) in [6, 6.07) is 7.44. The molecule has 0 N–H and O–H groups in total. The summed E-state index contributed by atoms with van der Waals surface area (Å²) < 4.78 is 10.7. The molecule has 0 radical (unpaired) electrons. The van der Waals surface area contributed by atoms with Crippen LogP contribution < -0.4 is 4.74 Å². The van der Waals surface area contributed by atoms with Crippen LogP contribution >= 0.6 is 0 Å². The second kappa shape index (κ2) is 5.94. The van der Waals surface area contributed by atoms with Gasteiger partial charge < -0.3 is 9.47 Å². The van der Waals surface area contributed by atoms with Crippen molar-refractivity contribution < 1.29 is 9.47 Å². The number of aryl methyl sites for hydroxylation is 1. The van der Waals surface area contributed by atoms with Gasteiger partial charge in [0, 0.05) is 24.6 Å². The molecular formula is C14H13N3O2. The van der Waals surface area contributed by atoms with Crippen LogP contribution in [0.5, 0.6) is 11.6 Å². The minimum atomic E-state index is 0.280. The summed E-state index contributed by atoms with van der Waals surface area (Å²) in [6.45, 7) is 2.19. The predicted octanol–water partition coefficient (Wildman–Crippen LogP) is 2.60. The van der Waals surface area contributed by atoms with Gasteiger partial charge in [0.15, 0.2) is 0 Å². The highest BCUT2D eigenvalue weighted by Gasteiger charge is 2.13. The van der Waals surface area contributed by atoms with Crippen LogP contribution in [0.15, 0.2) is 30.6 Å². The quantitative estimate of drug-likeness (QED) is 0.840. The molecule has 0 unspecified atom stereocenters. The average molecular weight is 255 g/mol. The van der Waals surface area contributed by atoms with E-state index in [0.29, 0.717) is 17.9 Å². The molecule has 5 nitrogen and oxygen atoms in total. The van der Waals surface area contributed by atoms with Gasteiger partial charge in [-0.3, -0.25) is 4.98 Å². The maximum absolute atomic E-state index is 9.25. The summed E-state index contributed by atoms with van der Waals surface area (Å²) in [7, 11) is 1.58. The van der Waals surface area contributed by atoms with Crippen molar-refractivity contribution in [3.05, 3.63) is 47.4 Å². The van der Waals surface area contributed by atoms with Crippen molar-refractivity contribution in [1.29, 1.82) is 5.26 Å². The molecule has 5 heteroatoms. The summed E-state index contributed by atoms with van der Waals surface area (Å²) in [5.74, 6) is 0.822. The van der Waals surface area contributed by atoms with E-state index in [2.05, 4.69) is 16.0 Å². The number of nitriles is 1. The monoisotopic (exact) mass is 255 g/mol. The molecule has 2 aromatic heterocycles. The summed E-state index contributed by atoms with van der Waals surface area (Å²) in [5.41, 5.74) is 1.91. The van der Waals surface area contributed by atoms with E-state index in [-0.39, 0.29) is 5.88 Å². The number of methoxy groups -OCH3 is 1. The van der Waals surface area contributed by atoms with Crippen LogP contribution in [-0.2, 0) is 11.3 Å². The summed E-state index contributed by atoms with van der Waals surface area (Å²) in [5, 5.41) is 9.25. The molecule has 0 bridgehead atoms. The van der Waals surface area contributed by atoms with Crippen LogP contribution in [0.3, 0.4) is 0 Å². The zero-order valence-electron chi connectivity index (χ0n) is 10.8. The highest BCUT2D eigenvalue weighted by molar-refractivity contribution is 5.47. The molecule has 0 saturated carbocycles. The number of hydrogen-bond acceptors (Lipinski definition) is 5. The van der Waals surface area contributed by atoms with Crippen LogP contribution in [0.1, 0.15) is 16.8 Å². The third-order valence-corrected chi connectivity index (χ3v) is 2.46. The summed E-state index contributed by atoms with van der Waals surface area (Å²) in [6.07, 6.45) is 3.22. The largest absolute Gasteiger partial charge is 0.436 e. The van der Waals surface area contributed by atoms with Crippen LogP contribution in [-0.4, -0.2) is 17.1 Å². The van der Waals surface area contributed by atoms with Crippen LogP contribution in [0, 0.1) is 18.3 Å². The van der Waals surface area contributed by atoms with E-state index in [0.717, 1.165) is 11.3 Å². The van der Waals surface area contributed by atoms with Crippen LogP contribution in [0.2, 0.25) is 0 Å². The molecule has 2 heterocycles. The first kappa shape index (κ1) is 13.0. The Morgan fingerprint density at radius 3 is 2.89 bits per heavy atom. The number of nitrogens with zero attached hydrogens (tertiary/aromatic N) is 3. The summed E-state index contributed by atoms with van der Waals surface area (Å²) in [4.78, 5) is 8.21. The first-order valence-electron chi connectivity index (χ1n) is 5.72. The zero-order chi connectivity index (χ0) is 13.7. The maximum atomic E-state index is 9.25. The molecule has 19 heavy (non-hydrogen) atoms. The molecule has 0 atom stereocenters. The van der Waals surface area contributed by atoms with E-state index in [9.17, 15) is 5.26 Å². The second-order valence-corrected chi connectivity index (χ2v) is 3.94. The minimum absolute atomic E-state index is 0.280. The van der Waals surface area contributed by atoms with E-state index in [1.165, 1.54) is 0 Å². The Kier molecular flexibility index (Phi) is 4.06. The number of rotatable bonds is 4. The molecule has 2 rings (SSSR count). The number of ether oxygens (including phenoxy) is 2. The SMILES string of the molecule is COCc1cc(C)nc(Oc2cccnc2)c1C#N. The van der Waals surface area contributed by atoms with E-state index >= 15 is 0 Å². The summed E-state index contributed by atoms with van der Waals surface area (Å²) >= 11 is 0. The zero-order valence-corrected chi connectivity index (χ0v) is 10.8. The first-order valence-corrected chi connectivity index (χ1v) is 5.72. The number of pyridine rings is 2. The average Bonchev–Trinajstić information content (AvgIpc) is 2.40. The number of aromatic nitrogens is 2. The maximum Gasteiger partial charge on any atom is 0.237 e. The molecule has 2 aromatic rings. The van der Waals surface area contributed by atoms with Gasteiger partial charge in [0.25, 0.3) is 0 Å². The third kappa shape index (κ3) is 3.06. The van der Waals surface area contributed by atoms with Crippen molar-refractivity contribution >= 4 is 0 Å². The van der Waals surface area contributed by atoms with Gasteiger partial charge in [-0.1, -0.05) is 0 Å². The molecular weight excluding hydrogens is 242 g/mol. The Labute approximate surface area is 111 Å². The predicted molar refractivity (Wildman–Crippen MR) is 68.7 cm³/mol. The fraction of sp³-hybridized carbons (Fsp3) is 0.214. The molecule has 0 saturated heterocycles. The third-order valence-electron chi connectivity index (χ3n) is 2.46. The van der Waals surface area contributed by atoms with Gasteiger partial charge in [0.05, 0.1) is 12.8 Å². The van der Waals surface area contributed by atoms with Gasteiger partial charge in [0.2, 0.25) is 5.88 Å². The van der Waals surface area contributed by atoms with Gasteiger partial charge in [0.1, 0.15) is 17.4 Å². The van der Waals surface area contributed by atoms with Crippen molar-refractivity contribution in [3.8, 4) is 17.7 Å². The van der Waals surface area contributed by atoms with E-state index in [1.807, 2.05) is 13.0 Å². The molecule has 0 spiro atoms. The van der Waals surface area contributed by atoms with Gasteiger partial charge in [-0.15, -0.1) is 0 Å². The highest BCUT2D eigenvalue weighted by Crippen LogP contribution is 2.25. The highest BCUT2D eigenvalue weighted by atomic mass is 16.5. The van der Waals surface area contributed by atoms with E-state index in [4.69, 9.17) is 9.47 Å². The number of hydrogen-bond donors (Lipinski definition) is 0. The molecule has 96 valence electrons. The van der Waals surface area contributed by atoms with Crippen LogP contribution in [0.25, 0.3) is 0 Å². The van der Waals surface area contributed by atoms with Gasteiger partial charge in [-0.2, -0.15) is 5.26 Å². The fourth-order valence-electron chi connectivity index (χ4n) is 1.69. The molecule has 0 aliphatic heterocycles. The van der Waals surface area contributed by atoms with Crippen molar-refractivity contribution in [2.45, 2.75) is 13.5 Å². The van der Waals surface area contributed by atoms with Crippen molar-refractivity contribution in [2.75, 3.05) is 7.11 Å². The van der Waals surface area contributed by atoms with Gasteiger partial charge in [-0.25, -0.2) is 4.98 Å². The molecule has 0 aliphatic rings. The normalized spacial score (nSPS) is 9.95. The fourth-order valence-corrected chi connectivity index (χ4v) is 1.69. The molecule has 0 aromatic carbocycles. The molecule has 0 aliphatic carbocycles. The van der Waals surface area contributed by atoms with E-state index in [1.54, 1.807) is 31.6 Å². The molecule has 0 fully saturated rings. The Hall–Kier alpha value is -2.45. The van der Waals surface area contributed by atoms with Gasteiger partial charge >= 0.3 is 0 Å². The lowest BCUT2D eigenvalue weighted by Crippen LogP contribution is -2.00. The van der Waals surface area contributed by atoms with Crippen molar-refractivity contribution in [1.82, 2.24) is 9.97 Å². The Morgan fingerprint density at radius 2 is 2.26 bits per heavy atom. The molecule has 0 amide bonds. The topological polar surface area (TPSA) is 68.0 Å².